The molecule has 0 bridgehead atoms. The lowest BCUT2D eigenvalue weighted by Gasteiger charge is -2.25. The first-order valence-electron chi connectivity index (χ1n) is 4.58. The van der Waals surface area contributed by atoms with Crippen LogP contribution in [-0.4, -0.2) is 42.1 Å². The minimum absolute atomic E-state index is 0.143. The van der Waals surface area contributed by atoms with Gasteiger partial charge in [-0.15, -0.1) is 0 Å². The van der Waals surface area contributed by atoms with Crippen molar-refractivity contribution in [3.05, 3.63) is 0 Å². The zero-order valence-corrected chi connectivity index (χ0v) is 9.12. The number of nitrogens with zero attached hydrogens (tertiary/aromatic N) is 1. The molecule has 0 aromatic rings. The van der Waals surface area contributed by atoms with E-state index in [1.807, 2.05) is 0 Å². The summed E-state index contributed by atoms with van der Waals surface area (Å²) < 4.78 is 24.2. The maximum Gasteiger partial charge on any atom is 0.307 e. The number of aliphatic carboxylic acids is 1. The number of hydrogen-bond donors (Lipinski definition) is 1. The predicted molar refractivity (Wildman–Crippen MR) is 51.4 cm³/mol. The van der Waals surface area contributed by atoms with E-state index < -0.39 is 28.0 Å². The molecule has 0 aromatic carbocycles. The largest absolute Gasteiger partial charge is 0.481 e. The van der Waals surface area contributed by atoms with Gasteiger partial charge in [0, 0.05) is 12.6 Å². The molecule has 2 unspecified atom stereocenters. The normalized spacial score (nSPS) is 25.9. The van der Waals surface area contributed by atoms with Gasteiger partial charge in [-0.2, -0.15) is 4.31 Å². The van der Waals surface area contributed by atoms with Crippen molar-refractivity contribution in [2.24, 2.45) is 5.92 Å². The molecule has 1 rings (SSSR count). The van der Waals surface area contributed by atoms with E-state index in [9.17, 15) is 13.2 Å². The molecule has 0 amide bonds. The number of carbonyl (C=O) groups is 1. The third-order valence-corrected chi connectivity index (χ3v) is 4.74. The van der Waals surface area contributed by atoms with E-state index in [4.69, 9.17) is 5.11 Å². The molecule has 0 spiro atoms. The highest BCUT2D eigenvalue weighted by Gasteiger charge is 2.36. The summed E-state index contributed by atoms with van der Waals surface area (Å²) in [5.74, 6) is -1.48. The molecule has 5 nitrogen and oxygen atoms in total. The van der Waals surface area contributed by atoms with E-state index >= 15 is 0 Å². The second-order valence-corrected chi connectivity index (χ2v) is 5.69. The molecule has 1 saturated heterocycles. The second kappa shape index (κ2) is 3.86. The molecule has 0 saturated carbocycles. The van der Waals surface area contributed by atoms with Crippen molar-refractivity contribution in [3.63, 3.8) is 0 Å². The van der Waals surface area contributed by atoms with E-state index in [1.54, 1.807) is 6.92 Å². The Balaban J connectivity index is 2.79. The Morgan fingerprint density at radius 1 is 1.43 bits per heavy atom. The van der Waals surface area contributed by atoms with Gasteiger partial charge in [0.1, 0.15) is 0 Å². The van der Waals surface area contributed by atoms with Crippen molar-refractivity contribution in [2.45, 2.75) is 26.3 Å². The number of carboxylic acids is 1. The van der Waals surface area contributed by atoms with E-state index in [-0.39, 0.29) is 5.75 Å². The van der Waals surface area contributed by atoms with Crippen molar-refractivity contribution in [2.75, 3.05) is 12.3 Å². The van der Waals surface area contributed by atoms with Crippen molar-refractivity contribution in [1.29, 1.82) is 0 Å². The maximum absolute atomic E-state index is 11.5. The Morgan fingerprint density at radius 3 is 2.36 bits per heavy atom. The summed E-state index contributed by atoms with van der Waals surface area (Å²) in [6.07, 6.45) is 0.596. The van der Waals surface area contributed by atoms with Gasteiger partial charge in [0.25, 0.3) is 0 Å². The van der Waals surface area contributed by atoms with E-state index in [1.165, 1.54) is 11.2 Å². The third kappa shape index (κ3) is 2.06. The van der Waals surface area contributed by atoms with Crippen molar-refractivity contribution < 1.29 is 18.3 Å². The van der Waals surface area contributed by atoms with Crippen molar-refractivity contribution in [1.82, 2.24) is 4.31 Å². The van der Waals surface area contributed by atoms with Gasteiger partial charge >= 0.3 is 5.97 Å². The summed E-state index contributed by atoms with van der Waals surface area (Å²) >= 11 is 0. The average molecular weight is 221 g/mol. The molecular weight excluding hydrogens is 206 g/mol. The molecule has 1 fully saturated rings. The van der Waals surface area contributed by atoms with Crippen LogP contribution in [0, 0.1) is 5.92 Å². The number of sulfonamides is 1. The van der Waals surface area contributed by atoms with Crippen molar-refractivity contribution >= 4 is 16.0 Å². The van der Waals surface area contributed by atoms with E-state index in [2.05, 4.69) is 0 Å². The average Bonchev–Trinajstić information content (AvgIpc) is 2.42. The zero-order chi connectivity index (χ0) is 10.9. The topological polar surface area (TPSA) is 74.7 Å². The molecule has 14 heavy (non-hydrogen) atoms. The summed E-state index contributed by atoms with van der Waals surface area (Å²) in [6, 6.07) is -0.458. The van der Waals surface area contributed by atoms with Crippen LogP contribution in [0.3, 0.4) is 0 Å². The maximum atomic E-state index is 11.5. The first-order chi connectivity index (χ1) is 6.36. The lowest BCUT2D eigenvalue weighted by atomic mass is 10.0. The summed E-state index contributed by atoms with van der Waals surface area (Å²) in [5.41, 5.74) is 0. The van der Waals surface area contributed by atoms with Crippen LogP contribution < -0.4 is 0 Å². The SMILES string of the molecule is CC(C(=O)O)C(C)N1CCCS1(=O)=O. The van der Waals surface area contributed by atoms with Gasteiger partial charge in [0.15, 0.2) is 0 Å². The summed E-state index contributed by atoms with van der Waals surface area (Å²) in [5, 5.41) is 8.76. The van der Waals surface area contributed by atoms with Gasteiger partial charge < -0.3 is 5.11 Å². The fourth-order valence-corrected chi connectivity index (χ4v) is 3.40. The fraction of sp³-hybridized carbons (Fsp3) is 0.875. The van der Waals surface area contributed by atoms with Crippen LogP contribution >= 0.6 is 0 Å². The fourth-order valence-electron chi connectivity index (χ4n) is 1.57. The number of carboxylic acid groups (broad SMARTS) is 1. The summed E-state index contributed by atoms with van der Waals surface area (Å²) in [4.78, 5) is 10.7. The molecule has 0 aliphatic carbocycles. The molecule has 1 N–H and O–H groups in total. The lowest BCUT2D eigenvalue weighted by Crippen LogP contribution is -2.41. The van der Waals surface area contributed by atoms with E-state index in [0.717, 1.165) is 0 Å². The molecule has 0 aromatic heterocycles. The van der Waals surface area contributed by atoms with Gasteiger partial charge in [0.05, 0.1) is 11.7 Å². The van der Waals surface area contributed by atoms with Gasteiger partial charge in [-0.25, -0.2) is 8.42 Å². The van der Waals surface area contributed by atoms with Gasteiger partial charge in [0.2, 0.25) is 10.0 Å². The van der Waals surface area contributed by atoms with Crippen LogP contribution in [0.5, 0.6) is 0 Å². The van der Waals surface area contributed by atoms with Gasteiger partial charge in [-0.05, 0) is 13.3 Å². The summed E-state index contributed by atoms with van der Waals surface area (Å²) in [7, 11) is -3.19. The minimum Gasteiger partial charge on any atom is -0.481 e. The summed E-state index contributed by atoms with van der Waals surface area (Å²) in [6.45, 7) is 3.61. The smallest absolute Gasteiger partial charge is 0.307 e. The van der Waals surface area contributed by atoms with Gasteiger partial charge in [-0.1, -0.05) is 6.92 Å². The van der Waals surface area contributed by atoms with Crippen LogP contribution in [0.25, 0.3) is 0 Å². The van der Waals surface area contributed by atoms with E-state index in [0.29, 0.717) is 13.0 Å². The molecule has 0 radical (unpaired) electrons. The standard InChI is InChI=1S/C8H15NO4S/c1-6(8(10)11)7(2)9-4-3-5-14(9,12)13/h6-7H,3-5H2,1-2H3,(H,10,11). The zero-order valence-electron chi connectivity index (χ0n) is 8.30. The second-order valence-electron chi connectivity index (χ2n) is 3.65. The Bertz CT molecular complexity index is 324. The molecule has 2 atom stereocenters. The monoisotopic (exact) mass is 221 g/mol. The first-order valence-corrected chi connectivity index (χ1v) is 6.19. The number of hydrogen-bond acceptors (Lipinski definition) is 3. The highest BCUT2D eigenvalue weighted by atomic mass is 32.2. The lowest BCUT2D eigenvalue weighted by molar-refractivity contribution is -0.142. The molecule has 6 heteroatoms. The molecule has 1 aliphatic rings. The van der Waals surface area contributed by atoms with Crippen LogP contribution in [0.4, 0.5) is 0 Å². The molecule has 1 heterocycles. The Morgan fingerprint density at radius 2 is 2.00 bits per heavy atom. The van der Waals surface area contributed by atoms with Crippen LogP contribution in [0.2, 0.25) is 0 Å². The van der Waals surface area contributed by atoms with Crippen LogP contribution in [0.1, 0.15) is 20.3 Å². The van der Waals surface area contributed by atoms with Crippen LogP contribution in [-0.2, 0) is 14.8 Å². The Kier molecular flexibility index (Phi) is 3.16. The predicted octanol–water partition coefficient (Wildman–Crippen LogP) is 0.131. The first kappa shape index (κ1) is 11.5. The Hall–Kier alpha value is -0.620. The van der Waals surface area contributed by atoms with Crippen LogP contribution in [0.15, 0.2) is 0 Å². The van der Waals surface area contributed by atoms with Crippen molar-refractivity contribution in [3.8, 4) is 0 Å². The highest BCUT2D eigenvalue weighted by molar-refractivity contribution is 7.89. The highest BCUT2D eigenvalue weighted by Crippen LogP contribution is 2.21. The molecule has 82 valence electrons. The van der Waals surface area contributed by atoms with Gasteiger partial charge in [-0.3, -0.25) is 4.79 Å². The molecule has 1 aliphatic heterocycles. The number of rotatable bonds is 3. The quantitative estimate of drug-likeness (QED) is 0.735. The Labute approximate surface area is 83.8 Å². The molecular formula is C8H15NO4S. The minimum atomic E-state index is -3.19. The third-order valence-electron chi connectivity index (χ3n) is 2.71.